The van der Waals surface area contributed by atoms with E-state index in [-0.39, 0.29) is 19.1 Å². The van der Waals surface area contributed by atoms with Crippen molar-refractivity contribution in [3.63, 3.8) is 0 Å². The van der Waals surface area contributed by atoms with Crippen LogP contribution in [0, 0.1) is 6.92 Å². The van der Waals surface area contributed by atoms with Gasteiger partial charge in [-0.1, -0.05) is 0 Å². The summed E-state index contributed by atoms with van der Waals surface area (Å²) < 4.78 is 6.84. The van der Waals surface area contributed by atoms with Crippen LogP contribution in [0.4, 0.5) is 0 Å². The summed E-state index contributed by atoms with van der Waals surface area (Å²) >= 11 is 0. The van der Waals surface area contributed by atoms with E-state index in [2.05, 4.69) is 4.98 Å². The number of amides is 1. The molecule has 0 aliphatic heterocycles. The highest BCUT2D eigenvalue weighted by Crippen LogP contribution is 2.17. The highest BCUT2D eigenvalue weighted by molar-refractivity contribution is 5.97. The first-order valence-electron chi connectivity index (χ1n) is 6.79. The number of aliphatic hydroxyl groups is 1. The molecule has 6 heteroatoms. The number of fused-ring (bicyclic) bond motifs is 1. The minimum atomic E-state index is -0.690. The molecule has 1 amide bonds. The Hall–Kier alpha value is -1.92. The Bertz CT molecular complexity index is 651. The molecular formula is C15H21N3O3. The van der Waals surface area contributed by atoms with Crippen LogP contribution in [0.15, 0.2) is 18.2 Å². The molecule has 1 aromatic carbocycles. The van der Waals surface area contributed by atoms with Crippen LogP contribution in [0.1, 0.15) is 16.2 Å². The Kier molecular flexibility index (Phi) is 4.59. The van der Waals surface area contributed by atoms with Gasteiger partial charge in [0.1, 0.15) is 5.82 Å². The minimum Gasteiger partial charge on any atom is -0.389 e. The molecule has 1 heterocycles. The number of hydrogen-bond donors (Lipinski definition) is 1. The summed E-state index contributed by atoms with van der Waals surface area (Å²) in [4.78, 5) is 18.3. The second-order valence-corrected chi connectivity index (χ2v) is 5.22. The van der Waals surface area contributed by atoms with Crippen molar-refractivity contribution in [1.82, 2.24) is 14.5 Å². The Morgan fingerprint density at radius 2 is 2.24 bits per heavy atom. The summed E-state index contributed by atoms with van der Waals surface area (Å²) in [6.07, 6.45) is -0.690. The van der Waals surface area contributed by atoms with E-state index in [0.29, 0.717) is 5.56 Å². The van der Waals surface area contributed by atoms with Crippen LogP contribution in [0.2, 0.25) is 0 Å². The molecule has 0 aliphatic rings. The second-order valence-electron chi connectivity index (χ2n) is 5.22. The number of aryl methyl sites for hydroxylation is 2. The first kappa shape index (κ1) is 15.5. The van der Waals surface area contributed by atoms with Crippen molar-refractivity contribution in [1.29, 1.82) is 0 Å². The molecule has 0 aliphatic carbocycles. The summed E-state index contributed by atoms with van der Waals surface area (Å²) in [7, 11) is 5.12. The molecule has 1 N–H and O–H groups in total. The third-order valence-corrected chi connectivity index (χ3v) is 3.54. The van der Waals surface area contributed by atoms with Gasteiger partial charge in [0.05, 0.1) is 23.7 Å². The maximum Gasteiger partial charge on any atom is 0.253 e. The minimum absolute atomic E-state index is 0.143. The average Bonchev–Trinajstić information content (AvgIpc) is 2.73. The van der Waals surface area contributed by atoms with Gasteiger partial charge in [0.25, 0.3) is 5.91 Å². The Morgan fingerprint density at radius 1 is 1.52 bits per heavy atom. The number of carbonyl (C=O) groups is 1. The summed E-state index contributed by atoms with van der Waals surface area (Å²) in [6, 6.07) is 5.46. The fourth-order valence-corrected chi connectivity index (χ4v) is 2.32. The van der Waals surface area contributed by atoms with Gasteiger partial charge < -0.3 is 19.3 Å². The van der Waals surface area contributed by atoms with Crippen LogP contribution < -0.4 is 0 Å². The molecule has 2 rings (SSSR count). The molecule has 1 atom stereocenters. The highest BCUT2D eigenvalue weighted by atomic mass is 16.5. The number of hydrogen-bond acceptors (Lipinski definition) is 4. The number of nitrogens with zero attached hydrogens (tertiary/aromatic N) is 3. The van der Waals surface area contributed by atoms with E-state index in [0.717, 1.165) is 16.9 Å². The van der Waals surface area contributed by atoms with Gasteiger partial charge in [-0.2, -0.15) is 0 Å². The maximum absolute atomic E-state index is 12.4. The molecule has 1 unspecified atom stereocenters. The third-order valence-electron chi connectivity index (χ3n) is 3.54. The van der Waals surface area contributed by atoms with Gasteiger partial charge in [-0.15, -0.1) is 0 Å². The van der Waals surface area contributed by atoms with E-state index in [1.807, 2.05) is 24.6 Å². The number of imidazole rings is 1. The van der Waals surface area contributed by atoms with Gasteiger partial charge in [-0.05, 0) is 25.1 Å². The summed E-state index contributed by atoms with van der Waals surface area (Å²) in [5.74, 6) is 0.758. The molecule has 0 radical (unpaired) electrons. The maximum atomic E-state index is 12.4. The monoisotopic (exact) mass is 291 g/mol. The zero-order valence-corrected chi connectivity index (χ0v) is 12.8. The fourth-order valence-electron chi connectivity index (χ4n) is 2.32. The van der Waals surface area contributed by atoms with Gasteiger partial charge in [0.15, 0.2) is 0 Å². The Balaban J connectivity index is 2.19. The first-order chi connectivity index (χ1) is 9.93. The second kappa shape index (κ2) is 6.24. The lowest BCUT2D eigenvalue weighted by Crippen LogP contribution is -2.36. The van der Waals surface area contributed by atoms with Gasteiger partial charge in [0.2, 0.25) is 0 Å². The van der Waals surface area contributed by atoms with E-state index in [4.69, 9.17) is 4.74 Å². The number of benzene rings is 1. The van der Waals surface area contributed by atoms with Crippen LogP contribution in [-0.4, -0.2) is 58.9 Å². The lowest BCUT2D eigenvalue weighted by atomic mass is 10.1. The first-order valence-corrected chi connectivity index (χ1v) is 6.79. The molecule has 0 bridgehead atoms. The lowest BCUT2D eigenvalue weighted by Gasteiger charge is -2.20. The normalized spacial score (nSPS) is 12.6. The number of carbonyl (C=O) groups excluding carboxylic acids is 1. The zero-order valence-electron chi connectivity index (χ0n) is 12.8. The topological polar surface area (TPSA) is 67.6 Å². The van der Waals surface area contributed by atoms with Crippen molar-refractivity contribution < 1.29 is 14.6 Å². The van der Waals surface area contributed by atoms with Gasteiger partial charge in [-0.3, -0.25) is 4.79 Å². The van der Waals surface area contributed by atoms with Crippen molar-refractivity contribution in [2.75, 3.05) is 27.3 Å². The summed E-state index contributed by atoms with van der Waals surface area (Å²) in [5.41, 5.74) is 2.35. The van der Waals surface area contributed by atoms with Gasteiger partial charge in [0, 0.05) is 33.3 Å². The van der Waals surface area contributed by atoms with Crippen molar-refractivity contribution in [2.24, 2.45) is 7.05 Å². The van der Waals surface area contributed by atoms with Crippen molar-refractivity contribution in [3.05, 3.63) is 29.6 Å². The number of rotatable bonds is 5. The van der Waals surface area contributed by atoms with Crippen molar-refractivity contribution in [2.45, 2.75) is 13.0 Å². The molecule has 0 saturated carbocycles. The van der Waals surface area contributed by atoms with Crippen LogP contribution in [0.3, 0.4) is 0 Å². The highest BCUT2D eigenvalue weighted by Gasteiger charge is 2.16. The number of aromatic nitrogens is 2. The molecule has 0 saturated heterocycles. The number of methoxy groups -OCH3 is 1. The molecule has 6 nitrogen and oxygen atoms in total. The molecule has 2 aromatic rings. The van der Waals surface area contributed by atoms with Gasteiger partial charge >= 0.3 is 0 Å². The Morgan fingerprint density at radius 3 is 2.90 bits per heavy atom. The predicted octanol–water partition coefficient (Wildman–Crippen LogP) is 0.961. The number of ether oxygens (including phenoxy) is 1. The van der Waals surface area contributed by atoms with E-state index in [1.54, 1.807) is 19.2 Å². The molecule has 1 aromatic heterocycles. The smallest absolute Gasteiger partial charge is 0.253 e. The van der Waals surface area contributed by atoms with Crippen LogP contribution in [0.25, 0.3) is 11.0 Å². The molecular weight excluding hydrogens is 270 g/mol. The third kappa shape index (κ3) is 3.22. The van der Waals surface area contributed by atoms with Crippen LogP contribution >= 0.6 is 0 Å². The standard InChI is InChI=1S/C15H21N3O3/c1-10-16-13-7-11(5-6-14(13)18(10)3)15(20)17(2)8-12(19)9-21-4/h5-7,12,19H,8-9H2,1-4H3. The molecule has 0 fully saturated rings. The van der Waals surface area contributed by atoms with Crippen molar-refractivity contribution in [3.8, 4) is 0 Å². The Labute approximate surface area is 124 Å². The SMILES string of the molecule is COCC(O)CN(C)C(=O)c1ccc2c(c1)nc(C)n2C. The molecule has 21 heavy (non-hydrogen) atoms. The van der Waals surface area contributed by atoms with Crippen LogP contribution in [0.5, 0.6) is 0 Å². The van der Waals surface area contributed by atoms with E-state index in [1.165, 1.54) is 12.0 Å². The summed E-state index contributed by atoms with van der Waals surface area (Å²) in [6.45, 7) is 2.36. The van der Waals surface area contributed by atoms with E-state index < -0.39 is 6.10 Å². The lowest BCUT2D eigenvalue weighted by molar-refractivity contribution is 0.0380. The predicted molar refractivity (Wildman–Crippen MR) is 80.3 cm³/mol. The number of aliphatic hydroxyl groups excluding tert-OH is 1. The average molecular weight is 291 g/mol. The number of likely N-dealkylation sites (N-methyl/N-ethyl adjacent to an activating group) is 1. The van der Waals surface area contributed by atoms with E-state index in [9.17, 15) is 9.90 Å². The largest absolute Gasteiger partial charge is 0.389 e. The van der Waals surface area contributed by atoms with Crippen molar-refractivity contribution >= 4 is 16.9 Å². The fraction of sp³-hybridized carbons (Fsp3) is 0.467. The van der Waals surface area contributed by atoms with E-state index >= 15 is 0 Å². The van der Waals surface area contributed by atoms with Crippen LogP contribution in [-0.2, 0) is 11.8 Å². The molecule has 0 spiro atoms. The molecule has 114 valence electrons. The zero-order chi connectivity index (χ0) is 15.6. The van der Waals surface area contributed by atoms with Gasteiger partial charge in [-0.25, -0.2) is 4.98 Å². The quantitative estimate of drug-likeness (QED) is 0.891. The summed E-state index contributed by atoms with van der Waals surface area (Å²) in [5, 5.41) is 9.69.